The van der Waals surface area contributed by atoms with E-state index in [1.54, 1.807) is 11.3 Å². The quantitative estimate of drug-likeness (QED) is 0.914. The Kier molecular flexibility index (Phi) is 4.47. The normalized spacial score (nSPS) is 21.7. The van der Waals surface area contributed by atoms with Crippen LogP contribution in [0.1, 0.15) is 37.5 Å². The lowest BCUT2D eigenvalue weighted by Gasteiger charge is -2.23. The molecule has 0 aromatic carbocycles. The van der Waals surface area contributed by atoms with Crippen molar-refractivity contribution in [2.24, 2.45) is 0 Å². The van der Waals surface area contributed by atoms with E-state index in [1.807, 2.05) is 18.7 Å². The van der Waals surface area contributed by atoms with Crippen molar-refractivity contribution in [1.29, 1.82) is 0 Å². The van der Waals surface area contributed by atoms with E-state index in [0.29, 0.717) is 6.04 Å². The van der Waals surface area contributed by atoms with Gasteiger partial charge in [-0.1, -0.05) is 0 Å². The standard InChI is InChI=1S/C12H20N2OS2/c1-4-15-12(2,3)11-14-10(8-17-11)9-7-16-6-5-13-9/h8-9,13H,4-7H2,1-3H3. The molecule has 96 valence electrons. The van der Waals surface area contributed by atoms with Gasteiger partial charge in [0, 0.05) is 30.0 Å². The maximum absolute atomic E-state index is 5.74. The highest BCUT2D eigenvalue weighted by atomic mass is 32.2. The van der Waals surface area contributed by atoms with Crippen LogP contribution in [0.5, 0.6) is 0 Å². The van der Waals surface area contributed by atoms with Gasteiger partial charge in [0.05, 0.1) is 11.7 Å². The Balaban J connectivity index is 2.09. The first-order chi connectivity index (χ1) is 8.13. The van der Waals surface area contributed by atoms with Crippen LogP contribution in [0, 0.1) is 0 Å². The van der Waals surface area contributed by atoms with Gasteiger partial charge in [0.1, 0.15) is 10.6 Å². The highest BCUT2D eigenvalue weighted by Crippen LogP contribution is 2.30. The number of nitrogens with zero attached hydrogens (tertiary/aromatic N) is 1. The average molecular weight is 272 g/mol. The molecule has 17 heavy (non-hydrogen) atoms. The van der Waals surface area contributed by atoms with Crippen LogP contribution < -0.4 is 5.32 Å². The van der Waals surface area contributed by atoms with Gasteiger partial charge >= 0.3 is 0 Å². The van der Waals surface area contributed by atoms with Gasteiger partial charge in [-0.2, -0.15) is 11.8 Å². The smallest absolute Gasteiger partial charge is 0.124 e. The number of ether oxygens (including phenoxy) is 1. The maximum atomic E-state index is 5.74. The zero-order valence-electron chi connectivity index (χ0n) is 10.7. The molecule has 2 heterocycles. The number of thioether (sulfide) groups is 1. The summed E-state index contributed by atoms with van der Waals surface area (Å²) in [5.41, 5.74) is 0.907. The monoisotopic (exact) mass is 272 g/mol. The number of thiazole rings is 1. The van der Waals surface area contributed by atoms with Gasteiger partial charge in [-0.25, -0.2) is 4.98 Å². The Bertz CT molecular complexity index is 359. The molecule has 1 unspecified atom stereocenters. The summed E-state index contributed by atoms with van der Waals surface area (Å²) in [6.45, 7) is 8.00. The van der Waals surface area contributed by atoms with E-state index in [2.05, 4.69) is 24.5 Å². The lowest BCUT2D eigenvalue weighted by molar-refractivity contribution is -0.0142. The molecule has 0 radical (unpaired) electrons. The molecule has 1 atom stereocenters. The van der Waals surface area contributed by atoms with Crippen LogP contribution in [0.4, 0.5) is 0 Å². The molecular weight excluding hydrogens is 252 g/mol. The van der Waals surface area contributed by atoms with Crippen LogP contribution in [0.15, 0.2) is 5.38 Å². The first-order valence-electron chi connectivity index (χ1n) is 6.04. The van der Waals surface area contributed by atoms with E-state index >= 15 is 0 Å². The van der Waals surface area contributed by atoms with Crippen LogP contribution in [-0.2, 0) is 10.3 Å². The Labute approximate surface area is 111 Å². The topological polar surface area (TPSA) is 34.1 Å². The van der Waals surface area contributed by atoms with Crippen molar-refractivity contribution in [3.8, 4) is 0 Å². The van der Waals surface area contributed by atoms with Crippen LogP contribution in [-0.4, -0.2) is 29.6 Å². The van der Waals surface area contributed by atoms with Gasteiger partial charge in [-0.05, 0) is 20.8 Å². The van der Waals surface area contributed by atoms with Crippen molar-refractivity contribution in [3.05, 3.63) is 16.1 Å². The van der Waals surface area contributed by atoms with Crippen molar-refractivity contribution >= 4 is 23.1 Å². The number of aromatic nitrogens is 1. The summed E-state index contributed by atoms with van der Waals surface area (Å²) in [6.07, 6.45) is 0. The van der Waals surface area contributed by atoms with E-state index in [0.717, 1.165) is 23.9 Å². The molecule has 1 aliphatic rings. The fourth-order valence-electron chi connectivity index (χ4n) is 1.90. The summed E-state index contributed by atoms with van der Waals surface area (Å²) in [4.78, 5) is 4.74. The summed E-state index contributed by atoms with van der Waals surface area (Å²) < 4.78 is 5.74. The molecule has 0 amide bonds. The molecule has 1 aromatic rings. The van der Waals surface area contributed by atoms with Gasteiger partial charge in [-0.15, -0.1) is 11.3 Å². The summed E-state index contributed by atoms with van der Waals surface area (Å²) in [5.74, 6) is 2.33. The number of nitrogens with one attached hydrogen (secondary N) is 1. The summed E-state index contributed by atoms with van der Waals surface area (Å²) >= 11 is 3.70. The highest BCUT2D eigenvalue weighted by Gasteiger charge is 2.26. The zero-order valence-corrected chi connectivity index (χ0v) is 12.3. The molecule has 1 aliphatic heterocycles. The molecule has 0 spiro atoms. The maximum Gasteiger partial charge on any atom is 0.124 e. The van der Waals surface area contributed by atoms with Crippen LogP contribution in [0.3, 0.4) is 0 Å². The molecule has 1 aromatic heterocycles. The molecule has 3 nitrogen and oxygen atoms in total. The second-order valence-electron chi connectivity index (χ2n) is 4.60. The van der Waals surface area contributed by atoms with Gasteiger partial charge < -0.3 is 10.1 Å². The molecule has 1 saturated heterocycles. The van der Waals surface area contributed by atoms with E-state index in [4.69, 9.17) is 9.72 Å². The van der Waals surface area contributed by atoms with Gasteiger partial charge in [0.25, 0.3) is 0 Å². The molecule has 1 fully saturated rings. The van der Waals surface area contributed by atoms with E-state index < -0.39 is 0 Å². The lowest BCUT2D eigenvalue weighted by atomic mass is 10.1. The first kappa shape index (κ1) is 13.3. The second-order valence-corrected chi connectivity index (χ2v) is 6.61. The van der Waals surface area contributed by atoms with Crippen LogP contribution in [0.2, 0.25) is 0 Å². The minimum absolute atomic E-state index is 0.264. The Hall–Kier alpha value is -0.100. The third-order valence-electron chi connectivity index (χ3n) is 2.82. The average Bonchev–Trinajstić information content (AvgIpc) is 2.80. The van der Waals surface area contributed by atoms with E-state index in [9.17, 15) is 0 Å². The van der Waals surface area contributed by atoms with Gasteiger partial charge in [-0.3, -0.25) is 0 Å². The largest absolute Gasteiger partial charge is 0.369 e. The summed E-state index contributed by atoms with van der Waals surface area (Å²) in [5, 5.41) is 6.76. The fraction of sp³-hybridized carbons (Fsp3) is 0.750. The highest BCUT2D eigenvalue weighted by molar-refractivity contribution is 7.99. The predicted octanol–water partition coefficient (Wildman–Crippen LogP) is 2.79. The third-order valence-corrected chi connectivity index (χ3v) is 5.05. The van der Waals surface area contributed by atoms with Crippen LogP contribution >= 0.6 is 23.1 Å². The summed E-state index contributed by atoms with van der Waals surface area (Å²) in [7, 11) is 0. The van der Waals surface area contributed by atoms with Gasteiger partial charge in [0.15, 0.2) is 0 Å². The third kappa shape index (κ3) is 3.22. The van der Waals surface area contributed by atoms with Crippen molar-refractivity contribution in [1.82, 2.24) is 10.3 Å². The molecule has 1 N–H and O–H groups in total. The Morgan fingerprint density at radius 3 is 3.06 bits per heavy atom. The Morgan fingerprint density at radius 1 is 1.59 bits per heavy atom. The molecule has 0 saturated carbocycles. The van der Waals surface area contributed by atoms with Crippen molar-refractivity contribution in [2.75, 3.05) is 24.7 Å². The zero-order chi connectivity index (χ0) is 12.3. The number of hydrogen-bond acceptors (Lipinski definition) is 5. The fourth-order valence-corrected chi connectivity index (χ4v) is 3.80. The minimum Gasteiger partial charge on any atom is -0.369 e. The van der Waals surface area contributed by atoms with Crippen LogP contribution in [0.25, 0.3) is 0 Å². The first-order valence-corrected chi connectivity index (χ1v) is 8.08. The second kappa shape index (κ2) is 5.69. The van der Waals surface area contributed by atoms with Gasteiger partial charge in [0.2, 0.25) is 0 Å². The number of rotatable bonds is 4. The molecular formula is C12H20N2OS2. The van der Waals surface area contributed by atoms with E-state index in [1.165, 1.54) is 11.4 Å². The van der Waals surface area contributed by atoms with E-state index in [-0.39, 0.29) is 5.60 Å². The van der Waals surface area contributed by atoms with Crippen molar-refractivity contribution in [2.45, 2.75) is 32.4 Å². The number of hydrogen-bond donors (Lipinski definition) is 1. The van der Waals surface area contributed by atoms with Crippen molar-refractivity contribution in [3.63, 3.8) is 0 Å². The SMILES string of the molecule is CCOC(C)(C)c1nc(C2CSCCN2)cs1. The Morgan fingerprint density at radius 2 is 2.41 bits per heavy atom. The predicted molar refractivity (Wildman–Crippen MR) is 74.8 cm³/mol. The molecule has 0 aliphatic carbocycles. The molecule has 5 heteroatoms. The minimum atomic E-state index is -0.264. The molecule has 0 bridgehead atoms. The van der Waals surface area contributed by atoms with Crippen molar-refractivity contribution < 1.29 is 4.74 Å². The molecule has 2 rings (SSSR count). The summed E-state index contributed by atoms with van der Waals surface area (Å²) in [6, 6.07) is 0.413. The lowest BCUT2D eigenvalue weighted by Crippen LogP contribution is -2.30.